The second kappa shape index (κ2) is 11.3. The minimum absolute atomic E-state index is 0.0609. The van der Waals surface area contributed by atoms with Crippen molar-refractivity contribution >= 4 is 51.8 Å². The van der Waals surface area contributed by atoms with Crippen molar-refractivity contribution in [3.63, 3.8) is 0 Å². The Morgan fingerprint density at radius 2 is 1.95 bits per heavy atom. The summed E-state index contributed by atoms with van der Waals surface area (Å²) in [6.07, 6.45) is 5.42. The number of aryl methyl sites for hydroxylation is 3. The maximum absolute atomic E-state index is 13.6. The van der Waals surface area contributed by atoms with E-state index in [0.29, 0.717) is 24.0 Å². The van der Waals surface area contributed by atoms with Crippen LogP contribution in [0.4, 0.5) is 5.69 Å². The molecule has 0 spiro atoms. The third-order valence-electron chi connectivity index (χ3n) is 6.86. The zero-order chi connectivity index (χ0) is 26.7. The Bertz CT molecular complexity index is 1390. The summed E-state index contributed by atoms with van der Waals surface area (Å²) < 4.78 is 7.04. The van der Waals surface area contributed by atoms with Gasteiger partial charge < -0.3 is 19.5 Å². The summed E-state index contributed by atoms with van der Waals surface area (Å²) in [4.78, 5) is 29.6. The van der Waals surface area contributed by atoms with Crippen molar-refractivity contribution in [2.24, 2.45) is 0 Å². The molecule has 2 aromatic carbocycles. The molecule has 0 saturated carbocycles. The highest BCUT2D eigenvalue weighted by Gasteiger charge is 2.37. The topological polar surface area (TPSA) is 66.8 Å². The van der Waals surface area contributed by atoms with Crippen molar-refractivity contribution in [2.45, 2.75) is 40.2 Å². The first-order valence-corrected chi connectivity index (χ1v) is 12.9. The van der Waals surface area contributed by atoms with Crippen LogP contribution in [0, 0.1) is 13.8 Å². The predicted molar refractivity (Wildman–Crippen MR) is 153 cm³/mol. The Hall–Kier alpha value is -3.49. The van der Waals surface area contributed by atoms with Crippen LogP contribution in [0.25, 0.3) is 17.0 Å². The number of anilines is 1. The van der Waals surface area contributed by atoms with Crippen molar-refractivity contribution < 1.29 is 14.3 Å². The number of methoxy groups -OCH3 is 1. The zero-order valence-electron chi connectivity index (χ0n) is 22.1. The fourth-order valence-electron chi connectivity index (χ4n) is 4.64. The van der Waals surface area contributed by atoms with E-state index in [4.69, 9.17) is 17.0 Å². The Morgan fingerprint density at radius 3 is 2.65 bits per heavy atom. The normalized spacial score (nSPS) is 14.9. The molecular formula is C29H34N4O3S. The molecule has 1 aliphatic rings. The molecule has 7 nitrogen and oxygen atoms in total. The van der Waals surface area contributed by atoms with Gasteiger partial charge in [0.15, 0.2) is 5.11 Å². The molecule has 8 heteroatoms. The smallest absolute Gasteiger partial charge is 0.281 e. The summed E-state index contributed by atoms with van der Waals surface area (Å²) in [6, 6.07) is 12.0. The molecular weight excluding hydrogens is 484 g/mol. The summed E-state index contributed by atoms with van der Waals surface area (Å²) in [5, 5.41) is 4.40. The van der Waals surface area contributed by atoms with Gasteiger partial charge in [-0.1, -0.05) is 31.2 Å². The van der Waals surface area contributed by atoms with Crippen molar-refractivity contribution in [3.8, 4) is 0 Å². The maximum atomic E-state index is 13.6. The third kappa shape index (κ3) is 5.31. The number of carbonyl (C=O) groups is 2. The molecule has 0 bridgehead atoms. The van der Waals surface area contributed by atoms with Crippen LogP contribution >= 0.6 is 12.2 Å². The average Bonchev–Trinajstić information content (AvgIpc) is 3.33. The molecule has 1 aliphatic heterocycles. The lowest BCUT2D eigenvalue weighted by Crippen LogP contribution is -2.31. The largest absolute Gasteiger partial charge is 0.385 e. The highest BCUT2D eigenvalue weighted by molar-refractivity contribution is 7.80. The van der Waals surface area contributed by atoms with Crippen molar-refractivity contribution in [3.05, 3.63) is 70.5 Å². The van der Waals surface area contributed by atoms with Crippen LogP contribution in [-0.4, -0.2) is 53.7 Å². The summed E-state index contributed by atoms with van der Waals surface area (Å²) in [7, 11) is 3.47. The average molecular weight is 519 g/mol. The van der Waals surface area contributed by atoms with Gasteiger partial charge in [0.25, 0.3) is 5.91 Å². The highest BCUT2D eigenvalue weighted by Crippen LogP contribution is 2.32. The molecule has 0 aliphatic carbocycles. The molecule has 0 atom stereocenters. The first kappa shape index (κ1) is 26.6. The van der Waals surface area contributed by atoms with Crippen LogP contribution in [0.3, 0.4) is 0 Å². The summed E-state index contributed by atoms with van der Waals surface area (Å²) in [6.45, 7) is 7.53. The number of likely N-dealkylation sites (N-methyl/N-ethyl adjacent to an activating group) is 1. The summed E-state index contributed by atoms with van der Waals surface area (Å²) in [5.74, 6) is -0.228. The van der Waals surface area contributed by atoms with Gasteiger partial charge in [0.05, 0.1) is 11.2 Å². The molecule has 37 heavy (non-hydrogen) atoms. The Morgan fingerprint density at radius 1 is 1.16 bits per heavy atom. The molecule has 1 saturated heterocycles. The van der Waals surface area contributed by atoms with E-state index in [0.717, 1.165) is 51.7 Å². The molecule has 3 aromatic rings. The van der Waals surface area contributed by atoms with E-state index in [1.807, 2.05) is 68.1 Å². The number of nitrogens with zero attached hydrogens (tertiary/aromatic N) is 3. The minimum atomic E-state index is -0.167. The Labute approximate surface area is 223 Å². The van der Waals surface area contributed by atoms with Crippen LogP contribution in [0.1, 0.15) is 35.6 Å². The minimum Gasteiger partial charge on any atom is -0.385 e. The van der Waals surface area contributed by atoms with E-state index in [9.17, 15) is 9.59 Å². The fraction of sp³-hybridized carbons (Fsp3) is 0.345. The number of nitrogens with one attached hydrogen (secondary N) is 1. The van der Waals surface area contributed by atoms with Gasteiger partial charge in [-0.05, 0) is 73.8 Å². The van der Waals surface area contributed by atoms with Crippen molar-refractivity contribution in [2.75, 3.05) is 32.2 Å². The number of hydrogen-bond donors (Lipinski definition) is 1. The van der Waals surface area contributed by atoms with Gasteiger partial charge in [0.2, 0.25) is 5.91 Å². The highest BCUT2D eigenvalue weighted by atomic mass is 32.1. The second-order valence-corrected chi connectivity index (χ2v) is 9.72. The van der Waals surface area contributed by atoms with Crippen molar-refractivity contribution in [1.82, 2.24) is 14.8 Å². The monoisotopic (exact) mass is 518 g/mol. The van der Waals surface area contributed by atoms with E-state index >= 15 is 0 Å². The van der Waals surface area contributed by atoms with Gasteiger partial charge >= 0.3 is 0 Å². The molecule has 2 amide bonds. The summed E-state index contributed by atoms with van der Waals surface area (Å²) in [5.41, 5.74) is 6.54. The van der Waals surface area contributed by atoms with Crippen LogP contribution < -0.4 is 10.2 Å². The standard InChI is InChI=1S/C29H34N4O3S/c1-6-21-9-7-10-24-22(17-32(27(21)24)18-26(34)30-13-8-14-36-5)16-25-28(35)33(29(37)31(25)4)23-12-11-19(2)20(3)15-23/h7,9-12,15-17H,6,8,13-14,18H2,1-5H3,(H,30,34)/b25-16-. The Balaban J connectivity index is 1.70. The van der Waals surface area contributed by atoms with E-state index in [-0.39, 0.29) is 18.4 Å². The molecule has 1 aromatic heterocycles. The van der Waals surface area contributed by atoms with Gasteiger partial charge in [0, 0.05) is 44.5 Å². The van der Waals surface area contributed by atoms with E-state index in [1.54, 1.807) is 16.9 Å². The predicted octanol–water partition coefficient (Wildman–Crippen LogP) is 4.58. The number of fused-ring (bicyclic) bond motifs is 1. The molecule has 2 heterocycles. The lowest BCUT2D eigenvalue weighted by molar-refractivity contribution is -0.121. The maximum Gasteiger partial charge on any atom is 0.281 e. The second-order valence-electron chi connectivity index (χ2n) is 9.36. The van der Waals surface area contributed by atoms with Crippen LogP contribution in [0.15, 0.2) is 48.3 Å². The number of amides is 2. The molecule has 0 radical (unpaired) electrons. The van der Waals surface area contributed by atoms with E-state index in [2.05, 4.69) is 18.3 Å². The first-order valence-electron chi connectivity index (χ1n) is 12.5. The number of thiocarbonyl (C=S) groups is 1. The number of ether oxygens (including phenoxy) is 1. The zero-order valence-corrected chi connectivity index (χ0v) is 22.9. The molecule has 1 N–H and O–H groups in total. The molecule has 0 unspecified atom stereocenters. The quantitative estimate of drug-likeness (QED) is 0.255. The van der Waals surface area contributed by atoms with Gasteiger partial charge in [-0.25, -0.2) is 0 Å². The van der Waals surface area contributed by atoms with Crippen molar-refractivity contribution in [1.29, 1.82) is 0 Å². The van der Waals surface area contributed by atoms with Crippen LogP contribution in [-0.2, 0) is 27.3 Å². The number of rotatable bonds is 9. The van der Waals surface area contributed by atoms with Gasteiger partial charge in [-0.2, -0.15) is 0 Å². The van der Waals surface area contributed by atoms with Gasteiger partial charge in [-0.3, -0.25) is 14.5 Å². The van der Waals surface area contributed by atoms with E-state index < -0.39 is 0 Å². The number of para-hydroxylation sites is 1. The van der Waals surface area contributed by atoms with Gasteiger partial charge in [-0.15, -0.1) is 0 Å². The number of carbonyl (C=O) groups excluding carboxylic acids is 2. The molecule has 1 fully saturated rings. The molecule has 194 valence electrons. The molecule has 4 rings (SSSR count). The first-order chi connectivity index (χ1) is 17.8. The fourth-order valence-corrected chi connectivity index (χ4v) is 4.93. The third-order valence-corrected chi connectivity index (χ3v) is 7.31. The lowest BCUT2D eigenvalue weighted by atomic mass is 10.1. The Kier molecular flexibility index (Phi) is 8.10. The van der Waals surface area contributed by atoms with Crippen LogP contribution in [0.5, 0.6) is 0 Å². The lowest BCUT2D eigenvalue weighted by Gasteiger charge is -2.17. The summed E-state index contributed by atoms with van der Waals surface area (Å²) >= 11 is 5.67. The number of hydrogen-bond acceptors (Lipinski definition) is 4. The number of benzene rings is 2. The van der Waals surface area contributed by atoms with Gasteiger partial charge in [0.1, 0.15) is 12.2 Å². The van der Waals surface area contributed by atoms with E-state index in [1.165, 1.54) is 0 Å². The SMILES string of the molecule is CCc1cccc2c(/C=C3/C(=O)N(c4ccc(C)c(C)c4)C(=S)N3C)cn(CC(=O)NCCCOC)c12. The van der Waals surface area contributed by atoms with Crippen LogP contribution in [0.2, 0.25) is 0 Å². The number of aromatic nitrogens is 1.